The van der Waals surface area contributed by atoms with Crippen LogP contribution in [0, 0.1) is 6.92 Å². The maximum absolute atomic E-state index is 12.7. The van der Waals surface area contributed by atoms with Gasteiger partial charge in [0.05, 0.1) is 0 Å². The van der Waals surface area contributed by atoms with Crippen LogP contribution in [0.2, 0.25) is 0 Å². The number of nitrogens with one attached hydrogen (secondary N) is 1. The minimum absolute atomic E-state index is 0.240. The number of carbonyl (C=O) groups is 1. The number of hydrogen-bond acceptors (Lipinski definition) is 4. The van der Waals surface area contributed by atoms with Crippen LogP contribution in [0.15, 0.2) is 53.3 Å². The van der Waals surface area contributed by atoms with Gasteiger partial charge in [-0.1, -0.05) is 24.2 Å². The molecule has 0 fully saturated rings. The summed E-state index contributed by atoms with van der Waals surface area (Å²) >= 11 is 0. The molecule has 0 aliphatic rings. The Bertz CT molecular complexity index is 825. The van der Waals surface area contributed by atoms with Crippen molar-refractivity contribution in [3.8, 4) is 11.3 Å². The molecule has 1 amide bonds. The van der Waals surface area contributed by atoms with Gasteiger partial charge in [-0.05, 0) is 43.2 Å². The fourth-order valence-electron chi connectivity index (χ4n) is 2.40. The molecule has 2 heterocycles. The van der Waals surface area contributed by atoms with Gasteiger partial charge in [0.15, 0.2) is 0 Å². The highest BCUT2D eigenvalue weighted by atomic mass is 16.5. The average Bonchev–Trinajstić information content (AvgIpc) is 2.97. The Hall–Kier alpha value is -2.95. The molecule has 3 rings (SSSR count). The third kappa shape index (κ3) is 3.13. The standard InChI is InChI=1S/C18H17N3O2/c1-3-13-6-4-8-15(10-13)20-18(22)16-12(2)23-21-17(16)14-7-5-9-19-11-14/h4-11H,3H2,1-2H3,(H,20,22). The number of rotatable bonds is 4. The number of amides is 1. The first-order chi connectivity index (χ1) is 11.2. The SMILES string of the molecule is CCc1cccc(NC(=O)c2c(-c3cccnc3)noc2C)c1. The Labute approximate surface area is 134 Å². The summed E-state index contributed by atoms with van der Waals surface area (Å²) in [7, 11) is 0. The molecule has 23 heavy (non-hydrogen) atoms. The first kappa shape index (κ1) is 15.0. The van der Waals surface area contributed by atoms with Gasteiger partial charge < -0.3 is 9.84 Å². The van der Waals surface area contributed by atoms with Crippen molar-refractivity contribution >= 4 is 11.6 Å². The molecule has 0 saturated carbocycles. The Morgan fingerprint density at radius 2 is 2.13 bits per heavy atom. The first-order valence-corrected chi connectivity index (χ1v) is 7.46. The van der Waals surface area contributed by atoms with Crippen LogP contribution in [0.1, 0.15) is 28.6 Å². The molecule has 0 bridgehead atoms. The van der Waals surface area contributed by atoms with E-state index in [1.165, 1.54) is 0 Å². The van der Waals surface area contributed by atoms with E-state index in [-0.39, 0.29) is 5.91 Å². The van der Waals surface area contributed by atoms with Crippen molar-refractivity contribution in [3.63, 3.8) is 0 Å². The highest BCUT2D eigenvalue weighted by Gasteiger charge is 2.21. The molecule has 1 N–H and O–H groups in total. The third-order valence-corrected chi connectivity index (χ3v) is 3.62. The molecule has 116 valence electrons. The lowest BCUT2D eigenvalue weighted by molar-refractivity contribution is 0.102. The summed E-state index contributed by atoms with van der Waals surface area (Å²) in [4.78, 5) is 16.7. The fourth-order valence-corrected chi connectivity index (χ4v) is 2.40. The number of hydrogen-bond donors (Lipinski definition) is 1. The summed E-state index contributed by atoms with van der Waals surface area (Å²) < 4.78 is 5.22. The smallest absolute Gasteiger partial charge is 0.261 e. The maximum Gasteiger partial charge on any atom is 0.261 e. The Morgan fingerprint density at radius 3 is 2.87 bits per heavy atom. The Morgan fingerprint density at radius 1 is 1.26 bits per heavy atom. The molecule has 0 aliphatic heterocycles. The molecular weight excluding hydrogens is 290 g/mol. The lowest BCUT2D eigenvalue weighted by atomic mass is 10.1. The van der Waals surface area contributed by atoms with E-state index >= 15 is 0 Å². The van der Waals surface area contributed by atoms with Crippen molar-refractivity contribution in [2.75, 3.05) is 5.32 Å². The zero-order chi connectivity index (χ0) is 16.2. The topological polar surface area (TPSA) is 68.0 Å². The fraction of sp³-hybridized carbons (Fsp3) is 0.167. The zero-order valence-corrected chi connectivity index (χ0v) is 13.0. The lowest BCUT2D eigenvalue weighted by Crippen LogP contribution is -2.13. The van der Waals surface area contributed by atoms with E-state index in [1.54, 1.807) is 25.4 Å². The van der Waals surface area contributed by atoms with Crippen molar-refractivity contribution in [2.45, 2.75) is 20.3 Å². The van der Waals surface area contributed by atoms with Crippen molar-refractivity contribution in [2.24, 2.45) is 0 Å². The molecule has 3 aromatic rings. The monoisotopic (exact) mass is 307 g/mol. The molecule has 0 unspecified atom stereocenters. The average molecular weight is 307 g/mol. The van der Waals surface area contributed by atoms with E-state index in [4.69, 9.17) is 4.52 Å². The van der Waals surface area contributed by atoms with Crippen LogP contribution < -0.4 is 5.32 Å². The lowest BCUT2D eigenvalue weighted by Gasteiger charge is -2.07. The number of aromatic nitrogens is 2. The predicted octanol–water partition coefficient (Wildman–Crippen LogP) is 3.86. The number of aryl methyl sites for hydroxylation is 2. The van der Waals surface area contributed by atoms with Gasteiger partial charge in [0.25, 0.3) is 5.91 Å². The van der Waals surface area contributed by atoms with Crippen LogP contribution in [0.3, 0.4) is 0 Å². The van der Waals surface area contributed by atoms with Gasteiger partial charge in [-0.2, -0.15) is 0 Å². The molecule has 1 aromatic carbocycles. The second-order valence-electron chi connectivity index (χ2n) is 5.21. The first-order valence-electron chi connectivity index (χ1n) is 7.46. The van der Waals surface area contributed by atoms with E-state index in [2.05, 4.69) is 22.4 Å². The van der Waals surface area contributed by atoms with Crippen LogP contribution >= 0.6 is 0 Å². The highest BCUT2D eigenvalue weighted by molar-refractivity contribution is 6.08. The summed E-state index contributed by atoms with van der Waals surface area (Å²) in [6.45, 7) is 3.80. The van der Waals surface area contributed by atoms with E-state index in [0.717, 1.165) is 23.2 Å². The van der Waals surface area contributed by atoms with Gasteiger partial charge in [0.2, 0.25) is 0 Å². The van der Waals surface area contributed by atoms with Gasteiger partial charge >= 0.3 is 0 Å². The van der Waals surface area contributed by atoms with Crippen molar-refractivity contribution in [3.05, 3.63) is 65.7 Å². The molecule has 0 saturated heterocycles. The van der Waals surface area contributed by atoms with Crippen molar-refractivity contribution < 1.29 is 9.32 Å². The van der Waals surface area contributed by atoms with Crippen LogP contribution in [0.4, 0.5) is 5.69 Å². The number of nitrogens with zero attached hydrogens (tertiary/aromatic N) is 2. The largest absolute Gasteiger partial charge is 0.360 e. The van der Waals surface area contributed by atoms with Crippen molar-refractivity contribution in [1.82, 2.24) is 10.1 Å². The summed E-state index contributed by atoms with van der Waals surface area (Å²) in [6, 6.07) is 11.4. The summed E-state index contributed by atoms with van der Waals surface area (Å²) in [6.07, 6.45) is 4.25. The molecule has 5 nitrogen and oxygen atoms in total. The normalized spacial score (nSPS) is 10.5. The molecule has 0 atom stereocenters. The van der Waals surface area contributed by atoms with E-state index < -0.39 is 0 Å². The minimum Gasteiger partial charge on any atom is -0.360 e. The Kier molecular flexibility index (Phi) is 4.19. The van der Waals surface area contributed by atoms with Crippen LogP contribution in [0.25, 0.3) is 11.3 Å². The predicted molar refractivity (Wildman–Crippen MR) is 88.2 cm³/mol. The van der Waals surface area contributed by atoms with Crippen LogP contribution in [0.5, 0.6) is 0 Å². The van der Waals surface area contributed by atoms with Gasteiger partial charge in [0, 0.05) is 23.6 Å². The second-order valence-corrected chi connectivity index (χ2v) is 5.21. The van der Waals surface area contributed by atoms with Crippen molar-refractivity contribution in [1.29, 1.82) is 0 Å². The molecule has 0 aliphatic carbocycles. The molecule has 0 radical (unpaired) electrons. The molecule has 0 spiro atoms. The molecule has 5 heteroatoms. The maximum atomic E-state index is 12.7. The van der Waals surface area contributed by atoms with E-state index in [0.29, 0.717) is 17.0 Å². The number of benzene rings is 1. The number of pyridine rings is 1. The van der Waals surface area contributed by atoms with E-state index in [1.807, 2.05) is 30.3 Å². The van der Waals surface area contributed by atoms with E-state index in [9.17, 15) is 4.79 Å². The number of anilines is 1. The minimum atomic E-state index is -0.240. The van der Waals surface area contributed by atoms with Crippen LogP contribution in [-0.2, 0) is 6.42 Å². The second kappa shape index (κ2) is 6.44. The summed E-state index contributed by atoms with van der Waals surface area (Å²) in [5, 5.41) is 6.92. The van der Waals surface area contributed by atoms with Gasteiger partial charge in [0.1, 0.15) is 17.0 Å². The number of carbonyl (C=O) groups excluding carboxylic acids is 1. The molecular formula is C18H17N3O2. The Balaban J connectivity index is 1.92. The molecule has 2 aromatic heterocycles. The quantitative estimate of drug-likeness (QED) is 0.794. The summed E-state index contributed by atoms with van der Waals surface area (Å²) in [5.74, 6) is 0.240. The highest BCUT2D eigenvalue weighted by Crippen LogP contribution is 2.25. The van der Waals surface area contributed by atoms with Gasteiger partial charge in [-0.3, -0.25) is 9.78 Å². The third-order valence-electron chi connectivity index (χ3n) is 3.62. The zero-order valence-electron chi connectivity index (χ0n) is 13.0. The van der Waals surface area contributed by atoms with Crippen LogP contribution in [-0.4, -0.2) is 16.0 Å². The van der Waals surface area contributed by atoms with Gasteiger partial charge in [-0.25, -0.2) is 0 Å². The summed E-state index contributed by atoms with van der Waals surface area (Å²) in [5.41, 5.74) is 3.60. The van der Waals surface area contributed by atoms with Gasteiger partial charge in [-0.15, -0.1) is 0 Å².